The van der Waals surface area contributed by atoms with Crippen LogP contribution in [0.15, 0.2) is 0 Å². The van der Waals surface area contributed by atoms with E-state index >= 15 is 0 Å². The summed E-state index contributed by atoms with van der Waals surface area (Å²) in [5, 5.41) is 3.00. The molecule has 52 valence electrons. The lowest BCUT2D eigenvalue weighted by Gasteiger charge is -2.03. The summed E-state index contributed by atoms with van der Waals surface area (Å²) in [7, 11) is 1.41. The molecule has 3 nitrogen and oxygen atoms in total. The third-order valence-corrected chi connectivity index (χ3v) is 2.14. The van der Waals surface area contributed by atoms with Gasteiger partial charge in [-0.1, -0.05) is 0 Å². The van der Waals surface area contributed by atoms with E-state index in [2.05, 4.69) is 10.1 Å². The highest BCUT2D eigenvalue weighted by Crippen LogP contribution is 2.09. The maximum absolute atomic E-state index is 10.7. The van der Waals surface area contributed by atoms with Crippen LogP contribution in [0, 0.1) is 0 Å². The molecule has 0 unspecified atom stereocenters. The van der Waals surface area contributed by atoms with Crippen molar-refractivity contribution < 1.29 is 9.53 Å². The summed E-state index contributed by atoms with van der Waals surface area (Å²) >= 11 is 1.71. The van der Waals surface area contributed by atoms with Crippen molar-refractivity contribution in [3.05, 3.63) is 0 Å². The predicted molar refractivity (Wildman–Crippen MR) is 36.3 cm³/mol. The van der Waals surface area contributed by atoms with Gasteiger partial charge in [0.2, 0.25) is 0 Å². The number of ether oxygens (including phenoxy) is 1. The first-order valence-corrected chi connectivity index (χ1v) is 3.89. The van der Waals surface area contributed by atoms with Gasteiger partial charge in [-0.15, -0.1) is 11.8 Å². The lowest BCUT2D eigenvalue weighted by Crippen LogP contribution is -2.33. The van der Waals surface area contributed by atoms with E-state index in [1.807, 2.05) is 0 Å². The fourth-order valence-corrected chi connectivity index (χ4v) is 1.62. The SMILES string of the molecule is COC(=O)[C@@H]1CSCN1. The van der Waals surface area contributed by atoms with Gasteiger partial charge in [-0.3, -0.25) is 10.1 Å². The molecule has 1 saturated heterocycles. The number of hydrogen-bond acceptors (Lipinski definition) is 4. The number of carbonyl (C=O) groups excluding carboxylic acids is 1. The Labute approximate surface area is 58.1 Å². The smallest absolute Gasteiger partial charge is 0.323 e. The van der Waals surface area contributed by atoms with Gasteiger partial charge in [-0.25, -0.2) is 0 Å². The minimum absolute atomic E-state index is 0.0694. The zero-order chi connectivity index (χ0) is 6.69. The number of thioether (sulfide) groups is 1. The second-order valence-corrected chi connectivity index (χ2v) is 2.83. The minimum Gasteiger partial charge on any atom is -0.468 e. The van der Waals surface area contributed by atoms with Gasteiger partial charge in [0.1, 0.15) is 6.04 Å². The van der Waals surface area contributed by atoms with E-state index in [-0.39, 0.29) is 12.0 Å². The van der Waals surface area contributed by atoms with Crippen LogP contribution < -0.4 is 5.32 Å². The molecule has 0 aromatic heterocycles. The Kier molecular flexibility index (Phi) is 2.36. The van der Waals surface area contributed by atoms with Crippen molar-refractivity contribution in [2.75, 3.05) is 18.7 Å². The molecule has 0 radical (unpaired) electrons. The van der Waals surface area contributed by atoms with Gasteiger partial charge in [-0.05, 0) is 0 Å². The molecular formula is C5H9NO2S. The molecule has 1 heterocycles. The first-order valence-electron chi connectivity index (χ1n) is 2.73. The maximum Gasteiger partial charge on any atom is 0.323 e. The third kappa shape index (κ3) is 1.59. The predicted octanol–water partition coefficient (Wildman–Crippen LogP) is -0.178. The van der Waals surface area contributed by atoms with Gasteiger partial charge in [0.15, 0.2) is 0 Å². The topological polar surface area (TPSA) is 38.3 Å². The molecule has 1 atom stereocenters. The second-order valence-electron chi connectivity index (χ2n) is 1.79. The van der Waals surface area contributed by atoms with Gasteiger partial charge in [0.05, 0.1) is 7.11 Å². The summed E-state index contributed by atoms with van der Waals surface area (Å²) in [5.74, 6) is 1.55. The Bertz CT molecular complexity index is 112. The number of nitrogens with one attached hydrogen (secondary N) is 1. The zero-order valence-corrected chi connectivity index (χ0v) is 6.03. The molecule has 1 rings (SSSR count). The summed E-state index contributed by atoms with van der Waals surface area (Å²) in [6, 6.07) is -0.0694. The summed E-state index contributed by atoms with van der Waals surface area (Å²) in [5.41, 5.74) is 0. The molecular weight excluding hydrogens is 138 g/mol. The fourth-order valence-electron chi connectivity index (χ4n) is 0.689. The minimum atomic E-state index is -0.153. The maximum atomic E-state index is 10.7. The molecule has 0 bridgehead atoms. The average Bonchev–Trinajstić information content (AvgIpc) is 2.37. The third-order valence-electron chi connectivity index (χ3n) is 1.20. The average molecular weight is 147 g/mol. The van der Waals surface area contributed by atoms with Crippen LogP contribution in [0.5, 0.6) is 0 Å². The summed E-state index contributed by atoms with van der Waals surface area (Å²) < 4.78 is 4.52. The molecule has 1 aliphatic rings. The second kappa shape index (κ2) is 3.08. The van der Waals surface area contributed by atoms with E-state index in [9.17, 15) is 4.79 Å². The highest BCUT2D eigenvalue weighted by molar-refractivity contribution is 7.99. The Morgan fingerprint density at radius 1 is 1.89 bits per heavy atom. The number of rotatable bonds is 1. The molecule has 1 aliphatic heterocycles. The van der Waals surface area contributed by atoms with E-state index in [0.29, 0.717) is 0 Å². The zero-order valence-electron chi connectivity index (χ0n) is 5.22. The van der Waals surface area contributed by atoms with Crippen LogP contribution in [0.2, 0.25) is 0 Å². The van der Waals surface area contributed by atoms with Crippen LogP contribution >= 0.6 is 11.8 Å². The fraction of sp³-hybridized carbons (Fsp3) is 0.800. The number of esters is 1. The van der Waals surface area contributed by atoms with Gasteiger partial charge in [0.25, 0.3) is 0 Å². The van der Waals surface area contributed by atoms with E-state index in [1.54, 1.807) is 11.8 Å². The van der Waals surface area contributed by atoms with Crippen LogP contribution in [0.4, 0.5) is 0 Å². The lowest BCUT2D eigenvalue weighted by molar-refractivity contribution is -0.142. The molecule has 1 fully saturated rings. The summed E-state index contributed by atoms with van der Waals surface area (Å²) in [6.45, 7) is 0. The Morgan fingerprint density at radius 3 is 3.11 bits per heavy atom. The first-order chi connectivity index (χ1) is 4.34. The van der Waals surface area contributed by atoms with Crippen molar-refractivity contribution in [2.24, 2.45) is 0 Å². The normalized spacial score (nSPS) is 26.1. The largest absolute Gasteiger partial charge is 0.468 e. The number of methoxy groups -OCH3 is 1. The van der Waals surface area contributed by atoms with Crippen molar-refractivity contribution in [1.29, 1.82) is 0 Å². The van der Waals surface area contributed by atoms with Crippen molar-refractivity contribution in [1.82, 2.24) is 5.32 Å². The number of carbonyl (C=O) groups is 1. The van der Waals surface area contributed by atoms with Crippen LogP contribution in [0.1, 0.15) is 0 Å². The standard InChI is InChI=1S/C5H9NO2S/c1-8-5(7)4-2-9-3-6-4/h4,6H,2-3H2,1H3/t4-/m0/s1. The highest BCUT2D eigenvalue weighted by Gasteiger charge is 2.22. The monoisotopic (exact) mass is 147 g/mol. The lowest BCUT2D eigenvalue weighted by atomic mass is 10.3. The van der Waals surface area contributed by atoms with E-state index < -0.39 is 0 Å². The Morgan fingerprint density at radius 2 is 2.67 bits per heavy atom. The molecule has 0 spiro atoms. The van der Waals surface area contributed by atoms with E-state index in [1.165, 1.54) is 7.11 Å². The quantitative estimate of drug-likeness (QED) is 0.522. The van der Waals surface area contributed by atoms with Crippen LogP contribution in [0.25, 0.3) is 0 Å². The van der Waals surface area contributed by atoms with Gasteiger partial charge >= 0.3 is 5.97 Å². The van der Waals surface area contributed by atoms with Crippen LogP contribution in [-0.4, -0.2) is 30.8 Å². The molecule has 9 heavy (non-hydrogen) atoms. The van der Waals surface area contributed by atoms with Crippen molar-refractivity contribution in [2.45, 2.75) is 6.04 Å². The highest BCUT2D eigenvalue weighted by atomic mass is 32.2. The number of hydrogen-bond donors (Lipinski definition) is 1. The Balaban J connectivity index is 2.32. The molecule has 4 heteroatoms. The van der Waals surface area contributed by atoms with Gasteiger partial charge < -0.3 is 4.74 Å². The van der Waals surface area contributed by atoms with Crippen LogP contribution in [0.3, 0.4) is 0 Å². The molecule has 0 amide bonds. The van der Waals surface area contributed by atoms with Crippen molar-refractivity contribution in [3.8, 4) is 0 Å². The van der Waals surface area contributed by atoms with Crippen LogP contribution in [-0.2, 0) is 9.53 Å². The van der Waals surface area contributed by atoms with E-state index in [4.69, 9.17) is 0 Å². The first kappa shape index (κ1) is 6.89. The molecule has 0 aromatic carbocycles. The van der Waals surface area contributed by atoms with Crippen molar-refractivity contribution >= 4 is 17.7 Å². The van der Waals surface area contributed by atoms with Crippen molar-refractivity contribution in [3.63, 3.8) is 0 Å². The Hall–Kier alpha value is -0.220. The molecule has 1 N–H and O–H groups in total. The molecule has 0 aromatic rings. The van der Waals surface area contributed by atoms with E-state index in [0.717, 1.165) is 11.6 Å². The summed E-state index contributed by atoms with van der Waals surface area (Å²) in [6.07, 6.45) is 0. The molecule has 0 aliphatic carbocycles. The molecule has 0 saturated carbocycles. The summed E-state index contributed by atoms with van der Waals surface area (Å²) in [4.78, 5) is 10.7. The van der Waals surface area contributed by atoms with Gasteiger partial charge in [0, 0.05) is 11.6 Å². The van der Waals surface area contributed by atoms with Gasteiger partial charge in [-0.2, -0.15) is 0 Å².